The SMILES string of the molecule is COC(OC)(OC)c1nc2ccc(C(O)O)cc2n1CCCNC(=O)OC(C)(C)C. The van der Waals surface area contributed by atoms with E-state index in [0.29, 0.717) is 41.9 Å². The molecule has 0 saturated heterocycles. The molecule has 1 heterocycles. The maximum absolute atomic E-state index is 11.8. The number of hydrogen-bond acceptors (Lipinski definition) is 8. The summed E-state index contributed by atoms with van der Waals surface area (Å²) in [5.74, 6) is -1.19. The summed E-state index contributed by atoms with van der Waals surface area (Å²) >= 11 is 0. The van der Waals surface area contributed by atoms with E-state index < -0.39 is 24.0 Å². The number of rotatable bonds is 9. The Bertz CT molecular complexity index is 846. The molecule has 0 unspecified atom stereocenters. The van der Waals surface area contributed by atoms with Gasteiger partial charge in [0, 0.05) is 40.0 Å². The van der Waals surface area contributed by atoms with Crippen molar-refractivity contribution in [3.8, 4) is 0 Å². The average molecular weight is 425 g/mol. The van der Waals surface area contributed by atoms with Gasteiger partial charge < -0.3 is 39.0 Å². The number of alkyl carbamates (subject to hydrolysis) is 1. The van der Waals surface area contributed by atoms with Crippen molar-refractivity contribution in [3.05, 3.63) is 29.6 Å². The summed E-state index contributed by atoms with van der Waals surface area (Å²) in [6.07, 6.45) is -1.58. The fourth-order valence-corrected chi connectivity index (χ4v) is 3.03. The maximum Gasteiger partial charge on any atom is 0.407 e. The van der Waals surface area contributed by atoms with E-state index in [1.807, 2.05) is 0 Å². The van der Waals surface area contributed by atoms with Crippen LogP contribution in [0.1, 0.15) is 44.9 Å². The first-order valence-corrected chi connectivity index (χ1v) is 9.56. The van der Waals surface area contributed by atoms with Gasteiger partial charge >= 0.3 is 12.1 Å². The normalized spacial score (nSPS) is 12.6. The maximum atomic E-state index is 11.8. The van der Waals surface area contributed by atoms with Gasteiger partial charge in [0.1, 0.15) is 5.60 Å². The first-order valence-electron chi connectivity index (χ1n) is 9.56. The smallest absolute Gasteiger partial charge is 0.407 e. The lowest BCUT2D eigenvalue weighted by atomic mass is 10.2. The Kier molecular flexibility index (Phi) is 7.78. The third-order valence-corrected chi connectivity index (χ3v) is 4.38. The molecule has 10 heteroatoms. The number of ether oxygens (including phenoxy) is 4. The van der Waals surface area contributed by atoms with Gasteiger partial charge in [0.05, 0.1) is 11.0 Å². The molecule has 0 radical (unpaired) electrons. The summed E-state index contributed by atoms with van der Waals surface area (Å²) in [7, 11) is 4.30. The molecule has 2 aromatic rings. The predicted octanol–water partition coefficient (Wildman–Crippen LogP) is 1.98. The summed E-state index contributed by atoms with van der Waals surface area (Å²) in [6, 6.07) is 4.88. The Hall–Kier alpha value is -2.24. The molecule has 1 aromatic carbocycles. The van der Waals surface area contributed by atoms with E-state index in [-0.39, 0.29) is 0 Å². The van der Waals surface area contributed by atoms with Crippen molar-refractivity contribution >= 4 is 17.1 Å². The van der Waals surface area contributed by atoms with Crippen LogP contribution < -0.4 is 5.32 Å². The molecule has 0 spiro atoms. The second-order valence-electron chi connectivity index (χ2n) is 7.66. The van der Waals surface area contributed by atoms with Gasteiger partial charge in [-0.1, -0.05) is 6.07 Å². The number of nitrogens with zero attached hydrogens (tertiary/aromatic N) is 2. The molecule has 1 aromatic heterocycles. The number of aliphatic hydroxyl groups is 2. The number of benzene rings is 1. The lowest BCUT2D eigenvalue weighted by Gasteiger charge is -2.28. The zero-order valence-electron chi connectivity index (χ0n) is 18.3. The van der Waals surface area contributed by atoms with Crippen LogP contribution in [0.25, 0.3) is 11.0 Å². The highest BCUT2D eigenvalue weighted by Crippen LogP contribution is 2.31. The highest BCUT2D eigenvalue weighted by molar-refractivity contribution is 5.77. The van der Waals surface area contributed by atoms with Gasteiger partial charge in [0.2, 0.25) is 5.82 Å². The Balaban J connectivity index is 2.31. The van der Waals surface area contributed by atoms with Gasteiger partial charge in [0.15, 0.2) is 6.29 Å². The highest BCUT2D eigenvalue weighted by Gasteiger charge is 2.38. The molecule has 10 nitrogen and oxygen atoms in total. The summed E-state index contributed by atoms with van der Waals surface area (Å²) in [6.45, 7) is 6.16. The van der Waals surface area contributed by atoms with Crippen LogP contribution in [0.2, 0.25) is 0 Å². The molecular weight excluding hydrogens is 394 g/mol. The number of aromatic nitrogens is 2. The molecule has 0 atom stereocenters. The topological polar surface area (TPSA) is 124 Å². The number of carbonyl (C=O) groups excluding carboxylic acids is 1. The average Bonchev–Trinajstić information content (AvgIpc) is 3.04. The molecule has 0 aliphatic heterocycles. The van der Waals surface area contributed by atoms with E-state index in [1.165, 1.54) is 21.3 Å². The zero-order chi connectivity index (χ0) is 22.5. The second kappa shape index (κ2) is 9.71. The summed E-state index contributed by atoms with van der Waals surface area (Å²) in [4.78, 5) is 16.4. The van der Waals surface area contributed by atoms with E-state index in [4.69, 9.17) is 18.9 Å². The molecular formula is C20H31N3O7. The first kappa shape index (κ1) is 24.0. The van der Waals surface area contributed by atoms with Crippen molar-refractivity contribution in [1.82, 2.24) is 14.9 Å². The van der Waals surface area contributed by atoms with Crippen LogP contribution >= 0.6 is 0 Å². The largest absolute Gasteiger partial charge is 0.444 e. The fourth-order valence-electron chi connectivity index (χ4n) is 3.03. The van der Waals surface area contributed by atoms with Gasteiger partial charge in [-0.3, -0.25) is 0 Å². The van der Waals surface area contributed by atoms with Gasteiger partial charge in [-0.15, -0.1) is 0 Å². The zero-order valence-corrected chi connectivity index (χ0v) is 18.3. The minimum Gasteiger partial charge on any atom is -0.444 e. The molecule has 0 saturated carbocycles. The number of aryl methyl sites for hydroxylation is 1. The molecule has 3 N–H and O–H groups in total. The standard InChI is InChI=1S/C20H31N3O7/c1-19(2,3)30-18(26)21-10-7-11-23-15-12-13(16(24)25)8-9-14(15)22-17(23)20(27-4,28-5)29-6/h8-9,12,16,24-25H,7,10-11H2,1-6H3,(H,21,26). The molecule has 0 fully saturated rings. The van der Waals surface area contributed by atoms with E-state index in [2.05, 4.69) is 10.3 Å². The number of amides is 1. The number of hydrogen-bond donors (Lipinski definition) is 3. The van der Waals surface area contributed by atoms with Gasteiger partial charge in [0.25, 0.3) is 0 Å². The summed E-state index contributed by atoms with van der Waals surface area (Å²) < 4.78 is 23.4. The van der Waals surface area contributed by atoms with Crippen LogP contribution in [0.3, 0.4) is 0 Å². The molecule has 0 aliphatic carbocycles. The van der Waals surface area contributed by atoms with E-state index in [1.54, 1.807) is 43.5 Å². The monoisotopic (exact) mass is 425 g/mol. The predicted molar refractivity (Wildman–Crippen MR) is 108 cm³/mol. The number of carbonyl (C=O) groups is 1. The minimum absolute atomic E-state index is 0.319. The Labute approximate surface area is 175 Å². The van der Waals surface area contributed by atoms with E-state index >= 15 is 0 Å². The highest BCUT2D eigenvalue weighted by atomic mass is 16.9. The molecule has 168 valence electrons. The molecule has 30 heavy (non-hydrogen) atoms. The van der Waals surface area contributed by atoms with Crippen LogP contribution in [0.5, 0.6) is 0 Å². The van der Waals surface area contributed by atoms with Crippen LogP contribution in [0, 0.1) is 0 Å². The second-order valence-corrected chi connectivity index (χ2v) is 7.66. The van der Waals surface area contributed by atoms with Crippen molar-refractivity contribution in [2.24, 2.45) is 0 Å². The van der Waals surface area contributed by atoms with Crippen molar-refractivity contribution in [2.75, 3.05) is 27.9 Å². The van der Waals surface area contributed by atoms with Gasteiger partial charge in [-0.25, -0.2) is 9.78 Å². The lowest BCUT2D eigenvalue weighted by Crippen LogP contribution is -2.37. The molecule has 0 aliphatic rings. The minimum atomic E-state index is -1.62. The molecule has 2 rings (SSSR count). The lowest BCUT2D eigenvalue weighted by molar-refractivity contribution is -0.369. The molecule has 0 bridgehead atoms. The number of aliphatic hydroxyl groups excluding tert-OH is 1. The van der Waals surface area contributed by atoms with Crippen LogP contribution in [0.4, 0.5) is 4.79 Å². The quantitative estimate of drug-likeness (QED) is 0.412. The van der Waals surface area contributed by atoms with Gasteiger partial charge in [-0.2, -0.15) is 0 Å². The Morgan fingerprint density at radius 2 is 1.80 bits per heavy atom. The number of nitrogens with one attached hydrogen (secondary N) is 1. The third kappa shape index (κ3) is 5.46. The number of methoxy groups -OCH3 is 3. The fraction of sp³-hybridized carbons (Fsp3) is 0.600. The van der Waals surface area contributed by atoms with Crippen molar-refractivity contribution in [1.29, 1.82) is 0 Å². The summed E-state index contributed by atoms with van der Waals surface area (Å²) in [5.41, 5.74) is 0.988. The Morgan fingerprint density at radius 3 is 2.33 bits per heavy atom. The number of imidazole rings is 1. The number of fused-ring (bicyclic) bond motifs is 1. The van der Waals surface area contributed by atoms with Crippen LogP contribution in [-0.4, -0.2) is 59.3 Å². The van der Waals surface area contributed by atoms with Crippen LogP contribution in [0.15, 0.2) is 18.2 Å². The van der Waals surface area contributed by atoms with Gasteiger partial charge in [-0.05, 0) is 39.3 Å². The van der Waals surface area contributed by atoms with Crippen molar-refractivity contribution in [3.63, 3.8) is 0 Å². The third-order valence-electron chi connectivity index (χ3n) is 4.38. The Morgan fingerprint density at radius 1 is 1.17 bits per heavy atom. The summed E-state index contributed by atoms with van der Waals surface area (Å²) in [5, 5.41) is 21.8. The first-order chi connectivity index (χ1) is 14.1. The van der Waals surface area contributed by atoms with Crippen molar-refractivity contribution in [2.45, 2.75) is 51.6 Å². The molecule has 1 amide bonds. The van der Waals surface area contributed by atoms with E-state index in [9.17, 15) is 15.0 Å². The van der Waals surface area contributed by atoms with E-state index in [0.717, 1.165) is 0 Å². The van der Waals surface area contributed by atoms with Crippen LogP contribution in [-0.2, 0) is 31.5 Å². The van der Waals surface area contributed by atoms with Crippen molar-refractivity contribution < 1.29 is 34.0 Å².